The minimum atomic E-state index is -0.445. The van der Waals surface area contributed by atoms with Gasteiger partial charge in [-0.1, -0.05) is 55.5 Å². The van der Waals surface area contributed by atoms with E-state index in [9.17, 15) is 9.18 Å². The molecule has 0 radical (unpaired) electrons. The van der Waals surface area contributed by atoms with Crippen molar-refractivity contribution in [2.75, 3.05) is 19.7 Å². The summed E-state index contributed by atoms with van der Waals surface area (Å²) in [5.74, 6) is -0.696. The molecule has 2 N–H and O–H groups in total. The molecule has 3 unspecified atom stereocenters. The number of morpholine rings is 1. The molecule has 25 heavy (non-hydrogen) atoms. The summed E-state index contributed by atoms with van der Waals surface area (Å²) in [6.07, 6.45) is -0.445. The molecule has 3 rings (SSSR count). The maximum Gasteiger partial charge on any atom is 0.227 e. The first-order valence-corrected chi connectivity index (χ1v) is 8.53. The van der Waals surface area contributed by atoms with Crippen molar-refractivity contribution in [1.82, 2.24) is 4.90 Å². The van der Waals surface area contributed by atoms with Crippen molar-refractivity contribution in [1.29, 1.82) is 0 Å². The number of nitrogens with zero attached hydrogens (tertiary/aromatic N) is 1. The highest BCUT2D eigenvalue weighted by Gasteiger charge is 2.31. The summed E-state index contributed by atoms with van der Waals surface area (Å²) < 4.78 is 19.7. The molecule has 0 saturated carbocycles. The van der Waals surface area contributed by atoms with Gasteiger partial charge in [-0.3, -0.25) is 4.79 Å². The average molecular weight is 342 g/mol. The second kappa shape index (κ2) is 7.76. The number of carbonyl (C=O) groups is 1. The standard InChI is InChI=1S/C20H23FN2O2/c1-14(19(22)15-7-3-2-4-8-15)20(24)23-11-12-25-18(13-23)16-9-5-6-10-17(16)21/h2-10,14,18-19H,11-13,22H2,1H3. The van der Waals surface area contributed by atoms with Crippen molar-refractivity contribution in [2.45, 2.75) is 19.1 Å². The Kier molecular flexibility index (Phi) is 5.46. The summed E-state index contributed by atoms with van der Waals surface area (Å²) in [6, 6.07) is 15.8. The van der Waals surface area contributed by atoms with Crippen molar-refractivity contribution in [2.24, 2.45) is 11.7 Å². The minimum absolute atomic E-state index is 0.0269. The molecular formula is C20H23FN2O2. The number of hydrogen-bond donors (Lipinski definition) is 1. The van der Waals surface area contributed by atoms with E-state index >= 15 is 0 Å². The minimum Gasteiger partial charge on any atom is -0.370 e. The van der Waals surface area contributed by atoms with Crippen LogP contribution in [-0.2, 0) is 9.53 Å². The van der Waals surface area contributed by atoms with E-state index in [2.05, 4.69) is 0 Å². The molecule has 2 aromatic carbocycles. The van der Waals surface area contributed by atoms with Crippen LogP contribution in [0.25, 0.3) is 0 Å². The van der Waals surface area contributed by atoms with E-state index in [-0.39, 0.29) is 23.7 Å². The smallest absolute Gasteiger partial charge is 0.227 e. The molecule has 1 aliphatic heterocycles. The highest BCUT2D eigenvalue weighted by atomic mass is 19.1. The van der Waals surface area contributed by atoms with Crippen LogP contribution in [0.5, 0.6) is 0 Å². The molecular weight excluding hydrogens is 319 g/mol. The lowest BCUT2D eigenvalue weighted by molar-refractivity contribution is -0.143. The third-order valence-corrected chi connectivity index (χ3v) is 4.74. The van der Waals surface area contributed by atoms with Crippen molar-refractivity contribution in [3.05, 3.63) is 71.5 Å². The third-order valence-electron chi connectivity index (χ3n) is 4.74. The van der Waals surface area contributed by atoms with E-state index in [4.69, 9.17) is 10.5 Å². The zero-order valence-electron chi connectivity index (χ0n) is 14.3. The molecule has 1 saturated heterocycles. The molecule has 0 aromatic heterocycles. The number of ether oxygens (including phenoxy) is 1. The Morgan fingerprint density at radius 1 is 1.20 bits per heavy atom. The van der Waals surface area contributed by atoms with E-state index in [1.54, 1.807) is 23.1 Å². The molecule has 1 amide bonds. The van der Waals surface area contributed by atoms with Crippen LogP contribution in [-0.4, -0.2) is 30.5 Å². The predicted octanol–water partition coefficient (Wildman–Crippen LogP) is 3.06. The topological polar surface area (TPSA) is 55.6 Å². The van der Waals surface area contributed by atoms with Crippen LogP contribution in [0, 0.1) is 11.7 Å². The fourth-order valence-electron chi connectivity index (χ4n) is 3.18. The van der Waals surface area contributed by atoms with Crippen molar-refractivity contribution >= 4 is 5.91 Å². The fraction of sp³-hybridized carbons (Fsp3) is 0.350. The number of hydrogen-bond acceptors (Lipinski definition) is 3. The Hall–Kier alpha value is -2.24. The number of rotatable bonds is 4. The highest BCUT2D eigenvalue weighted by molar-refractivity contribution is 5.79. The lowest BCUT2D eigenvalue weighted by Crippen LogP contribution is -2.46. The SMILES string of the molecule is CC(C(=O)N1CCOC(c2ccccc2F)C1)C(N)c1ccccc1. The predicted molar refractivity (Wildman–Crippen MR) is 94.2 cm³/mol. The molecule has 1 fully saturated rings. The van der Waals surface area contributed by atoms with E-state index in [0.717, 1.165) is 5.56 Å². The van der Waals surface area contributed by atoms with Gasteiger partial charge in [0.2, 0.25) is 5.91 Å². The Morgan fingerprint density at radius 2 is 1.88 bits per heavy atom. The summed E-state index contributed by atoms with van der Waals surface area (Å²) in [5.41, 5.74) is 7.70. The van der Waals surface area contributed by atoms with Crippen molar-refractivity contribution < 1.29 is 13.9 Å². The first kappa shape index (κ1) is 17.6. The first-order chi connectivity index (χ1) is 12.1. The quantitative estimate of drug-likeness (QED) is 0.929. The third kappa shape index (κ3) is 3.89. The maximum absolute atomic E-state index is 14.0. The largest absolute Gasteiger partial charge is 0.370 e. The summed E-state index contributed by atoms with van der Waals surface area (Å²) >= 11 is 0. The van der Waals surface area contributed by atoms with Gasteiger partial charge < -0.3 is 15.4 Å². The number of amides is 1. The molecule has 3 atom stereocenters. The molecule has 5 heteroatoms. The van der Waals surface area contributed by atoms with Gasteiger partial charge in [0.25, 0.3) is 0 Å². The Morgan fingerprint density at radius 3 is 2.60 bits per heavy atom. The fourth-order valence-corrected chi connectivity index (χ4v) is 3.18. The monoisotopic (exact) mass is 342 g/mol. The van der Waals surface area contributed by atoms with Gasteiger partial charge in [0.15, 0.2) is 0 Å². The Balaban J connectivity index is 1.70. The normalized spacial score (nSPS) is 20.1. The van der Waals surface area contributed by atoms with Crippen molar-refractivity contribution in [3.63, 3.8) is 0 Å². The summed E-state index contributed by atoms with van der Waals surface area (Å²) in [5, 5.41) is 0. The zero-order valence-corrected chi connectivity index (χ0v) is 14.3. The van der Waals surface area contributed by atoms with Crippen LogP contribution < -0.4 is 5.73 Å². The van der Waals surface area contributed by atoms with E-state index < -0.39 is 6.10 Å². The van der Waals surface area contributed by atoms with Gasteiger partial charge in [-0.15, -0.1) is 0 Å². The molecule has 4 nitrogen and oxygen atoms in total. The van der Waals surface area contributed by atoms with Crippen LogP contribution in [0.1, 0.15) is 30.2 Å². The molecule has 0 spiro atoms. The summed E-state index contributed by atoms with van der Waals surface area (Å²) in [6.45, 7) is 3.06. The second-order valence-corrected chi connectivity index (χ2v) is 6.39. The van der Waals surface area contributed by atoms with Gasteiger partial charge in [-0.2, -0.15) is 0 Å². The Labute approximate surface area is 147 Å². The summed E-state index contributed by atoms with van der Waals surface area (Å²) in [7, 11) is 0. The number of benzene rings is 2. The number of halogens is 1. The Bertz CT molecular complexity index is 723. The van der Waals surface area contributed by atoms with Gasteiger partial charge in [0.05, 0.1) is 19.1 Å². The van der Waals surface area contributed by atoms with Crippen molar-refractivity contribution in [3.8, 4) is 0 Å². The number of nitrogens with two attached hydrogens (primary N) is 1. The zero-order chi connectivity index (χ0) is 17.8. The van der Waals surface area contributed by atoms with Gasteiger partial charge in [-0.25, -0.2) is 4.39 Å². The van der Waals surface area contributed by atoms with Crippen LogP contribution in [0.15, 0.2) is 54.6 Å². The molecule has 132 valence electrons. The van der Waals surface area contributed by atoms with Crippen LogP contribution in [0.2, 0.25) is 0 Å². The van der Waals surface area contributed by atoms with Crippen LogP contribution in [0.4, 0.5) is 4.39 Å². The first-order valence-electron chi connectivity index (χ1n) is 8.53. The molecule has 1 heterocycles. The van der Waals surface area contributed by atoms with E-state index in [1.807, 2.05) is 37.3 Å². The van der Waals surface area contributed by atoms with Gasteiger partial charge in [-0.05, 0) is 11.6 Å². The second-order valence-electron chi connectivity index (χ2n) is 6.39. The lowest BCUT2D eigenvalue weighted by Gasteiger charge is -2.35. The average Bonchev–Trinajstić information content (AvgIpc) is 2.67. The molecule has 0 aliphatic carbocycles. The maximum atomic E-state index is 14.0. The molecule has 2 aromatic rings. The van der Waals surface area contributed by atoms with E-state index in [0.29, 0.717) is 25.3 Å². The molecule has 0 bridgehead atoms. The molecule has 1 aliphatic rings. The lowest BCUT2D eigenvalue weighted by atomic mass is 9.93. The van der Waals surface area contributed by atoms with E-state index in [1.165, 1.54) is 6.07 Å². The van der Waals surface area contributed by atoms with Gasteiger partial charge in [0, 0.05) is 18.2 Å². The van der Waals surface area contributed by atoms with Crippen LogP contribution in [0.3, 0.4) is 0 Å². The van der Waals surface area contributed by atoms with Gasteiger partial charge >= 0.3 is 0 Å². The van der Waals surface area contributed by atoms with Gasteiger partial charge in [0.1, 0.15) is 11.9 Å². The van der Waals surface area contributed by atoms with Crippen LogP contribution >= 0.6 is 0 Å². The summed E-state index contributed by atoms with van der Waals surface area (Å²) in [4.78, 5) is 14.6. The number of carbonyl (C=O) groups excluding carboxylic acids is 1. The highest BCUT2D eigenvalue weighted by Crippen LogP contribution is 2.27.